The highest BCUT2D eigenvalue weighted by molar-refractivity contribution is 6.10. The molecule has 2 fully saturated rings. The Kier molecular flexibility index (Phi) is 4.71. The van der Waals surface area contributed by atoms with Crippen LogP contribution in [0.2, 0.25) is 0 Å². The van der Waals surface area contributed by atoms with Crippen molar-refractivity contribution in [3.8, 4) is 0 Å². The number of carbonyl (C=O) groups is 3. The molecule has 3 aliphatic rings. The van der Waals surface area contributed by atoms with Gasteiger partial charge in [0.1, 0.15) is 5.54 Å². The summed E-state index contributed by atoms with van der Waals surface area (Å²) in [5, 5.41) is 3.02. The second kappa shape index (κ2) is 6.63. The van der Waals surface area contributed by atoms with Crippen LogP contribution in [0.25, 0.3) is 0 Å². The molecule has 7 nitrogen and oxygen atoms in total. The lowest BCUT2D eigenvalue weighted by atomic mass is 9.75. The molecular formula is C17H26N4O3. The van der Waals surface area contributed by atoms with E-state index in [9.17, 15) is 14.4 Å². The van der Waals surface area contributed by atoms with Crippen molar-refractivity contribution in [2.24, 2.45) is 16.8 Å². The number of imide groups is 1. The van der Waals surface area contributed by atoms with E-state index < -0.39 is 5.54 Å². The molecule has 132 valence electrons. The Balaban J connectivity index is 1.76. The minimum atomic E-state index is -0.823. The predicted octanol–water partition coefficient (Wildman–Crippen LogP) is 1.04. The number of nitrogens with one attached hydrogen (secondary N) is 1. The van der Waals surface area contributed by atoms with Crippen LogP contribution in [0.15, 0.2) is 4.99 Å². The summed E-state index contributed by atoms with van der Waals surface area (Å²) >= 11 is 0. The molecule has 24 heavy (non-hydrogen) atoms. The molecule has 1 saturated carbocycles. The monoisotopic (exact) mass is 334 g/mol. The maximum atomic E-state index is 13.0. The molecule has 0 aromatic heterocycles. The van der Waals surface area contributed by atoms with E-state index in [1.807, 2.05) is 6.92 Å². The fourth-order valence-electron chi connectivity index (χ4n) is 4.12. The van der Waals surface area contributed by atoms with Crippen LogP contribution in [0.1, 0.15) is 39.0 Å². The van der Waals surface area contributed by atoms with Crippen molar-refractivity contribution in [3.63, 3.8) is 0 Å². The summed E-state index contributed by atoms with van der Waals surface area (Å²) in [6.07, 6.45) is 6.92. The zero-order valence-corrected chi connectivity index (χ0v) is 14.5. The van der Waals surface area contributed by atoms with Gasteiger partial charge in [-0.15, -0.1) is 0 Å². The number of nitrogens with zero attached hydrogens (tertiary/aromatic N) is 3. The van der Waals surface area contributed by atoms with Crippen molar-refractivity contribution in [2.75, 3.05) is 26.8 Å². The van der Waals surface area contributed by atoms with Gasteiger partial charge in [-0.1, -0.05) is 19.3 Å². The van der Waals surface area contributed by atoms with E-state index in [0.717, 1.165) is 30.6 Å². The average molecular weight is 334 g/mol. The molecular weight excluding hydrogens is 308 g/mol. The Morgan fingerprint density at radius 3 is 2.67 bits per heavy atom. The number of ketones is 1. The Morgan fingerprint density at radius 2 is 2.04 bits per heavy atom. The molecule has 0 bridgehead atoms. The van der Waals surface area contributed by atoms with Gasteiger partial charge in [0.25, 0.3) is 5.91 Å². The van der Waals surface area contributed by atoms with Crippen LogP contribution in [0.5, 0.6) is 0 Å². The van der Waals surface area contributed by atoms with Gasteiger partial charge in [-0.3, -0.25) is 24.8 Å². The van der Waals surface area contributed by atoms with Gasteiger partial charge in [-0.25, -0.2) is 4.79 Å². The average Bonchev–Trinajstić information content (AvgIpc) is 2.79. The van der Waals surface area contributed by atoms with Gasteiger partial charge < -0.3 is 4.90 Å². The summed E-state index contributed by atoms with van der Waals surface area (Å²) in [4.78, 5) is 44.8. The molecule has 2 atom stereocenters. The van der Waals surface area contributed by atoms with Crippen LogP contribution in [0.3, 0.4) is 0 Å². The minimum absolute atomic E-state index is 0.144. The van der Waals surface area contributed by atoms with Crippen LogP contribution in [0, 0.1) is 11.8 Å². The van der Waals surface area contributed by atoms with Crippen molar-refractivity contribution in [1.82, 2.24) is 15.1 Å². The fraction of sp³-hybridized carbons (Fsp3) is 0.765. The largest absolute Gasteiger partial charge is 0.327 e. The lowest BCUT2D eigenvalue weighted by molar-refractivity contribution is -0.138. The number of Topliss-reactive ketones (excluding diaryl/α,β-unsaturated/α-hetero) is 1. The van der Waals surface area contributed by atoms with Gasteiger partial charge in [0.2, 0.25) is 0 Å². The number of likely N-dealkylation sites (N-methyl/N-ethyl adjacent to an activating group) is 1. The van der Waals surface area contributed by atoms with Gasteiger partial charge in [0.05, 0.1) is 19.1 Å². The molecule has 3 rings (SSSR count). The number of carbonyl (C=O) groups excluding carboxylic acids is 3. The zero-order valence-electron chi connectivity index (χ0n) is 14.5. The van der Waals surface area contributed by atoms with Gasteiger partial charge in [-0.05, 0) is 25.7 Å². The molecule has 1 saturated heterocycles. The third kappa shape index (κ3) is 2.75. The van der Waals surface area contributed by atoms with Crippen molar-refractivity contribution in [2.45, 2.75) is 44.6 Å². The maximum absolute atomic E-state index is 13.0. The second-order valence-electron chi connectivity index (χ2n) is 7.23. The Morgan fingerprint density at radius 1 is 1.33 bits per heavy atom. The number of aliphatic imine (C=N–C) groups is 1. The Labute approximate surface area is 142 Å². The lowest BCUT2D eigenvalue weighted by Crippen LogP contribution is -2.52. The maximum Gasteiger partial charge on any atom is 0.327 e. The predicted molar refractivity (Wildman–Crippen MR) is 89.7 cm³/mol. The Bertz CT molecular complexity index is 570. The molecule has 7 heteroatoms. The highest BCUT2D eigenvalue weighted by Gasteiger charge is 2.56. The van der Waals surface area contributed by atoms with E-state index in [4.69, 9.17) is 0 Å². The van der Waals surface area contributed by atoms with Crippen molar-refractivity contribution in [3.05, 3.63) is 0 Å². The standard InChI is InChI=1S/C17H26N4O3/c1-17(13-6-4-3-5-7-13)15(23)21(16(24)20(17)2)10-14(22)12-8-18-11-19-9-12/h8,12-13,19H,3-7,9-11H2,1-2H3. The fourth-order valence-corrected chi connectivity index (χ4v) is 4.12. The Hall–Kier alpha value is -1.76. The first-order valence-electron chi connectivity index (χ1n) is 8.79. The van der Waals surface area contributed by atoms with E-state index in [1.54, 1.807) is 18.2 Å². The summed E-state index contributed by atoms with van der Waals surface area (Å²) in [5.74, 6) is -0.568. The number of urea groups is 1. The normalized spacial score (nSPS) is 31.8. The molecule has 0 aromatic rings. The van der Waals surface area contributed by atoms with E-state index in [1.165, 1.54) is 6.42 Å². The third-order valence-electron chi connectivity index (χ3n) is 5.87. The first-order chi connectivity index (χ1) is 11.5. The quantitative estimate of drug-likeness (QED) is 0.779. The zero-order chi connectivity index (χ0) is 17.3. The van der Waals surface area contributed by atoms with E-state index in [2.05, 4.69) is 10.3 Å². The van der Waals surface area contributed by atoms with Crippen LogP contribution in [-0.4, -0.2) is 66.1 Å². The van der Waals surface area contributed by atoms with Gasteiger partial charge in [0.15, 0.2) is 5.78 Å². The van der Waals surface area contributed by atoms with Gasteiger partial charge in [-0.2, -0.15) is 0 Å². The summed E-state index contributed by atoms with van der Waals surface area (Å²) in [7, 11) is 1.68. The van der Waals surface area contributed by atoms with E-state index >= 15 is 0 Å². The molecule has 0 spiro atoms. The van der Waals surface area contributed by atoms with Crippen LogP contribution in [0.4, 0.5) is 4.79 Å². The summed E-state index contributed by atoms with van der Waals surface area (Å²) in [6, 6.07) is -0.359. The van der Waals surface area contributed by atoms with Crippen molar-refractivity contribution >= 4 is 23.9 Å². The van der Waals surface area contributed by atoms with Crippen LogP contribution >= 0.6 is 0 Å². The van der Waals surface area contributed by atoms with Crippen molar-refractivity contribution in [1.29, 1.82) is 0 Å². The number of rotatable bonds is 4. The summed E-state index contributed by atoms with van der Waals surface area (Å²) < 4.78 is 0. The molecule has 3 amide bonds. The number of amides is 3. The summed E-state index contributed by atoms with van der Waals surface area (Å²) in [5.41, 5.74) is -0.823. The molecule has 1 N–H and O–H groups in total. The topological polar surface area (TPSA) is 82.1 Å². The molecule has 0 aromatic carbocycles. The SMILES string of the molecule is CN1C(=O)N(CC(=O)C2C=NCNC2)C(=O)C1(C)C1CCCCC1. The van der Waals surface area contributed by atoms with Crippen LogP contribution < -0.4 is 5.32 Å². The second-order valence-corrected chi connectivity index (χ2v) is 7.23. The first-order valence-corrected chi connectivity index (χ1v) is 8.79. The third-order valence-corrected chi connectivity index (χ3v) is 5.87. The molecule has 0 radical (unpaired) electrons. The molecule has 1 aliphatic carbocycles. The van der Waals surface area contributed by atoms with Crippen molar-refractivity contribution < 1.29 is 14.4 Å². The van der Waals surface area contributed by atoms with Gasteiger partial charge >= 0.3 is 6.03 Å². The molecule has 2 unspecified atom stereocenters. The van der Waals surface area contributed by atoms with Gasteiger partial charge in [0, 0.05) is 19.8 Å². The number of hydrogen-bond acceptors (Lipinski definition) is 5. The molecule has 2 aliphatic heterocycles. The first kappa shape index (κ1) is 17.1. The molecule has 2 heterocycles. The van der Waals surface area contributed by atoms with E-state index in [-0.39, 0.29) is 36.1 Å². The summed E-state index contributed by atoms with van der Waals surface area (Å²) in [6.45, 7) is 2.71. The van der Waals surface area contributed by atoms with Crippen LogP contribution in [-0.2, 0) is 9.59 Å². The van der Waals surface area contributed by atoms with E-state index in [0.29, 0.717) is 13.2 Å². The smallest absolute Gasteiger partial charge is 0.313 e. The highest BCUT2D eigenvalue weighted by Crippen LogP contribution is 2.40. The lowest BCUT2D eigenvalue weighted by Gasteiger charge is -2.38. The minimum Gasteiger partial charge on any atom is -0.313 e. The highest BCUT2D eigenvalue weighted by atomic mass is 16.2. The number of hydrogen-bond donors (Lipinski definition) is 1.